The molecule has 0 aromatic heterocycles. The van der Waals surface area contributed by atoms with E-state index in [4.69, 9.17) is 23.2 Å². The fourth-order valence-corrected chi connectivity index (χ4v) is 4.34. The van der Waals surface area contributed by atoms with Crippen molar-refractivity contribution in [1.82, 2.24) is 10.9 Å². The summed E-state index contributed by atoms with van der Waals surface area (Å²) in [5.74, 6) is -1.05. The molecule has 2 amide bonds. The maximum atomic E-state index is 11.8. The number of benzene rings is 1. The van der Waals surface area contributed by atoms with E-state index in [9.17, 15) is 18.0 Å². The molecule has 1 aromatic rings. The molecule has 1 aliphatic heterocycles. The van der Waals surface area contributed by atoms with E-state index in [1.54, 1.807) is 0 Å². The first-order chi connectivity index (χ1) is 10.3. The highest BCUT2D eigenvalue weighted by Gasteiger charge is 2.29. The number of hydrazine groups is 1. The van der Waals surface area contributed by atoms with Crippen LogP contribution in [0.3, 0.4) is 0 Å². The van der Waals surface area contributed by atoms with Gasteiger partial charge in [-0.15, -0.1) is 0 Å². The lowest BCUT2D eigenvalue weighted by atomic mass is 10.1. The molecule has 1 aromatic carbocycles. The number of carbonyl (C=O) groups excluding carboxylic acids is 2. The van der Waals surface area contributed by atoms with Crippen LogP contribution in [0, 0.1) is 5.92 Å². The normalized spacial score (nSPS) is 19.6. The molecule has 22 heavy (non-hydrogen) atoms. The number of halogens is 2. The highest BCUT2D eigenvalue weighted by atomic mass is 35.5. The Labute approximate surface area is 138 Å². The maximum Gasteiger partial charge on any atom is 0.269 e. The fourth-order valence-electron chi connectivity index (χ4n) is 2.18. The van der Waals surface area contributed by atoms with Gasteiger partial charge in [-0.05, 0) is 30.5 Å². The van der Waals surface area contributed by atoms with Crippen LogP contribution in [0.1, 0.15) is 23.2 Å². The molecule has 0 unspecified atom stereocenters. The van der Waals surface area contributed by atoms with E-state index in [1.165, 1.54) is 18.2 Å². The van der Waals surface area contributed by atoms with Gasteiger partial charge in [0.2, 0.25) is 5.91 Å². The molecule has 0 saturated carbocycles. The molecule has 6 nitrogen and oxygen atoms in total. The summed E-state index contributed by atoms with van der Waals surface area (Å²) in [6, 6.07) is 4.33. The van der Waals surface area contributed by atoms with E-state index in [1.807, 2.05) is 0 Å². The zero-order chi connectivity index (χ0) is 16.3. The number of hydrogen-bond donors (Lipinski definition) is 2. The van der Waals surface area contributed by atoms with Crippen molar-refractivity contribution in [2.45, 2.75) is 12.8 Å². The van der Waals surface area contributed by atoms with Gasteiger partial charge in [-0.1, -0.05) is 23.2 Å². The lowest BCUT2D eigenvalue weighted by Crippen LogP contribution is -2.42. The summed E-state index contributed by atoms with van der Waals surface area (Å²) in [6.45, 7) is 0. The molecule has 0 aliphatic carbocycles. The number of rotatable bonds is 3. The first-order valence-electron chi connectivity index (χ1n) is 6.51. The molecule has 1 saturated heterocycles. The molecule has 9 heteroatoms. The topological polar surface area (TPSA) is 92.3 Å². The van der Waals surface area contributed by atoms with Gasteiger partial charge in [0.1, 0.15) is 0 Å². The van der Waals surface area contributed by atoms with Crippen LogP contribution in [0.4, 0.5) is 0 Å². The van der Waals surface area contributed by atoms with Crippen LogP contribution in [0.15, 0.2) is 18.2 Å². The number of hydrogen-bond acceptors (Lipinski definition) is 4. The zero-order valence-electron chi connectivity index (χ0n) is 11.4. The summed E-state index contributed by atoms with van der Waals surface area (Å²) in [5, 5.41) is 0.557. The van der Waals surface area contributed by atoms with E-state index in [-0.39, 0.29) is 34.4 Å². The van der Waals surface area contributed by atoms with E-state index < -0.39 is 21.7 Å². The molecular formula is C13H14Cl2N2O4S. The second-order valence-corrected chi connectivity index (χ2v) is 8.15. The van der Waals surface area contributed by atoms with E-state index in [0.29, 0.717) is 11.4 Å². The van der Waals surface area contributed by atoms with Crippen molar-refractivity contribution in [2.75, 3.05) is 11.5 Å². The SMILES string of the molecule is O=C(C[C@@H]1CCS(=O)(=O)C1)NNC(=O)c1ccc(Cl)c(Cl)c1. The van der Waals surface area contributed by atoms with Crippen LogP contribution in [0.25, 0.3) is 0 Å². The maximum absolute atomic E-state index is 11.8. The van der Waals surface area contributed by atoms with Gasteiger partial charge in [0.05, 0.1) is 21.6 Å². The third-order valence-corrected chi connectivity index (χ3v) is 5.87. The molecule has 2 N–H and O–H groups in total. The Kier molecular flexibility index (Phi) is 5.31. The first-order valence-corrected chi connectivity index (χ1v) is 9.09. The Balaban J connectivity index is 1.83. The first kappa shape index (κ1) is 17.1. The van der Waals surface area contributed by atoms with Gasteiger partial charge in [-0.3, -0.25) is 20.4 Å². The number of nitrogens with one attached hydrogen (secondary N) is 2. The predicted octanol–water partition coefficient (Wildman–Crippen LogP) is 1.58. The Bertz CT molecular complexity index is 706. The summed E-state index contributed by atoms with van der Waals surface area (Å²) in [6.07, 6.45) is 0.525. The number of sulfone groups is 1. The van der Waals surface area contributed by atoms with Crippen molar-refractivity contribution < 1.29 is 18.0 Å². The van der Waals surface area contributed by atoms with Gasteiger partial charge in [-0.2, -0.15) is 0 Å². The van der Waals surface area contributed by atoms with Crippen molar-refractivity contribution in [2.24, 2.45) is 5.92 Å². The third kappa shape index (κ3) is 4.59. The lowest BCUT2D eigenvalue weighted by molar-refractivity contribution is -0.122. The molecule has 0 bridgehead atoms. The molecular weight excluding hydrogens is 351 g/mol. The number of carbonyl (C=O) groups is 2. The minimum atomic E-state index is -3.02. The van der Waals surface area contributed by atoms with Gasteiger partial charge in [-0.25, -0.2) is 8.42 Å². The smallest absolute Gasteiger partial charge is 0.269 e. The van der Waals surface area contributed by atoms with Crippen molar-refractivity contribution >= 4 is 44.9 Å². The number of amides is 2. The van der Waals surface area contributed by atoms with Crippen LogP contribution in [-0.2, 0) is 14.6 Å². The van der Waals surface area contributed by atoms with Crippen molar-refractivity contribution in [3.8, 4) is 0 Å². The average molecular weight is 365 g/mol. The Hall–Kier alpha value is -1.31. The summed E-state index contributed by atoms with van der Waals surface area (Å²) in [4.78, 5) is 23.5. The molecule has 0 spiro atoms. The highest BCUT2D eigenvalue weighted by molar-refractivity contribution is 7.91. The quantitative estimate of drug-likeness (QED) is 0.796. The minimum Gasteiger partial charge on any atom is -0.273 e. The lowest BCUT2D eigenvalue weighted by Gasteiger charge is -2.10. The summed E-state index contributed by atoms with van der Waals surface area (Å²) >= 11 is 11.6. The second kappa shape index (κ2) is 6.85. The summed E-state index contributed by atoms with van der Waals surface area (Å²) in [5.41, 5.74) is 4.76. The molecule has 1 atom stereocenters. The van der Waals surface area contributed by atoms with Gasteiger partial charge in [0.25, 0.3) is 5.91 Å². The van der Waals surface area contributed by atoms with E-state index in [2.05, 4.69) is 10.9 Å². The van der Waals surface area contributed by atoms with Crippen LogP contribution in [0.5, 0.6) is 0 Å². The largest absolute Gasteiger partial charge is 0.273 e. The van der Waals surface area contributed by atoms with Crippen LogP contribution in [-0.4, -0.2) is 31.7 Å². The average Bonchev–Trinajstić information content (AvgIpc) is 2.78. The molecule has 0 radical (unpaired) electrons. The molecule has 1 heterocycles. The van der Waals surface area contributed by atoms with Crippen LogP contribution >= 0.6 is 23.2 Å². The van der Waals surface area contributed by atoms with Gasteiger partial charge in [0, 0.05) is 12.0 Å². The van der Waals surface area contributed by atoms with Crippen LogP contribution < -0.4 is 10.9 Å². The van der Waals surface area contributed by atoms with Crippen molar-refractivity contribution in [1.29, 1.82) is 0 Å². The van der Waals surface area contributed by atoms with Gasteiger partial charge in [0.15, 0.2) is 9.84 Å². The van der Waals surface area contributed by atoms with E-state index in [0.717, 1.165) is 0 Å². The van der Waals surface area contributed by atoms with E-state index >= 15 is 0 Å². The highest BCUT2D eigenvalue weighted by Crippen LogP contribution is 2.23. The van der Waals surface area contributed by atoms with Gasteiger partial charge >= 0.3 is 0 Å². The van der Waals surface area contributed by atoms with Crippen molar-refractivity contribution in [3.05, 3.63) is 33.8 Å². The molecule has 2 rings (SSSR count). The summed E-state index contributed by atoms with van der Waals surface area (Å²) < 4.78 is 22.6. The van der Waals surface area contributed by atoms with Gasteiger partial charge < -0.3 is 0 Å². The standard InChI is InChI=1S/C13H14Cl2N2O4S/c14-10-2-1-9(6-11(10)15)13(19)17-16-12(18)5-8-3-4-22(20,21)7-8/h1-2,6,8H,3-5,7H2,(H,16,18)(H,17,19)/t8-/m0/s1. The third-order valence-electron chi connectivity index (χ3n) is 3.30. The predicted molar refractivity (Wildman–Crippen MR) is 83.4 cm³/mol. The minimum absolute atomic E-state index is 0.0150. The van der Waals surface area contributed by atoms with Crippen LogP contribution in [0.2, 0.25) is 10.0 Å². The second-order valence-electron chi connectivity index (χ2n) is 5.10. The fraction of sp³-hybridized carbons (Fsp3) is 0.385. The molecule has 1 fully saturated rings. The van der Waals surface area contributed by atoms with Crippen molar-refractivity contribution in [3.63, 3.8) is 0 Å². The zero-order valence-corrected chi connectivity index (χ0v) is 13.8. The Morgan fingerprint density at radius 2 is 1.91 bits per heavy atom. The summed E-state index contributed by atoms with van der Waals surface area (Å²) in [7, 11) is -3.02. The molecule has 120 valence electrons. The Morgan fingerprint density at radius 1 is 1.18 bits per heavy atom. The Morgan fingerprint density at radius 3 is 2.50 bits per heavy atom. The molecule has 1 aliphatic rings. The monoisotopic (exact) mass is 364 g/mol.